The van der Waals surface area contributed by atoms with Gasteiger partial charge in [0.15, 0.2) is 5.78 Å². The quantitative estimate of drug-likeness (QED) is 0.320. The van der Waals surface area contributed by atoms with E-state index in [1.165, 1.54) is 6.07 Å². The van der Waals surface area contributed by atoms with Gasteiger partial charge in [0, 0.05) is 35.3 Å². The number of amides is 1. The van der Waals surface area contributed by atoms with Crippen molar-refractivity contribution in [1.82, 2.24) is 5.32 Å². The Hall–Kier alpha value is -2.00. The molecule has 8 nitrogen and oxygen atoms in total. The summed E-state index contributed by atoms with van der Waals surface area (Å²) in [6.45, 7) is 4.82. The standard InChI is InChI=1S/C19H30N2O6/c1-19(2,3)21-14-7-12(17(26)5-4-15(24)10-22)6-13(8-14)18(27)20-9-16(25)11-23/h6-8,15-16,21-25H,4-5,9-11H2,1-3H3,(H,20,27). The molecule has 0 aliphatic rings. The first-order valence-electron chi connectivity index (χ1n) is 8.88. The van der Waals surface area contributed by atoms with Gasteiger partial charge in [-0.05, 0) is 45.4 Å². The summed E-state index contributed by atoms with van der Waals surface area (Å²) in [6.07, 6.45) is -1.87. The van der Waals surface area contributed by atoms with E-state index in [4.69, 9.17) is 10.2 Å². The fourth-order valence-corrected chi connectivity index (χ4v) is 2.34. The van der Waals surface area contributed by atoms with E-state index in [1.807, 2.05) is 20.8 Å². The van der Waals surface area contributed by atoms with Crippen LogP contribution in [0.3, 0.4) is 0 Å². The fraction of sp³-hybridized carbons (Fsp3) is 0.579. The number of aliphatic hydroxyl groups excluding tert-OH is 4. The van der Waals surface area contributed by atoms with Crippen LogP contribution < -0.4 is 10.6 Å². The second-order valence-corrected chi connectivity index (χ2v) is 7.52. The molecule has 0 radical (unpaired) electrons. The van der Waals surface area contributed by atoms with E-state index < -0.39 is 31.3 Å². The molecule has 1 aromatic carbocycles. The Labute approximate surface area is 159 Å². The third kappa shape index (κ3) is 8.49. The van der Waals surface area contributed by atoms with Crippen molar-refractivity contribution in [1.29, 1.82) is 0 Å². The van der Waals surface area contributed by atoms with Gasteiger partial charge in [0.05, 0.1) is 25.4 Å². The molecule has 2 unspecified atom stereocenters. The largest absolute Gasteiger partial charge is 0.394 e. The minimum atomic E-state index is -1.06. The summed E-state index contributed by atoms with van der Waals surface area (Å²) in [5.74, 6) is -0.742. The number of rotatable bonds is 10. The molecule has 0 aromatic heterocycles. The minimum Gasteiger partial charge on any atom is -0.394 e. The van der Waals surface area contributed by atoms with Crippen molar-refractivity contribution < 1.29 is 30.0 Å². The highest BCUT2D eigenvalue weighted by atomic mass is 16.3. The topological polar surface area (TPSA) is 139 Å². The van der Waals surface area contributed by atoms with Crippen LogP contribution in [-0.4, -0.2) is 69.6 Å². The zero-order valence-electron chi connectivity index (χ0n) is 16.0. The number of hydrogen-bond donors (Lipinski definition) is 6. The molecule has 1 rings (SSSR count). The molecule has 27 heavy (non-hydrogen) atoms. The Morgan fingerprint density at radius 3 is 2.15 bits per heavy atom. The zero-order chi connectivity index (χ0) is 20.6. The van der Waals surface area contributed by atoms with Gasteiger partial charge in [0.25, 0.3) is 5.91 Å². The Morgan fingerprint density at radius 1 is 1.00 bits per heavy atom. The van der Waals surface area contributed by atoms with E-state index in [9.17, 15) is 19.8 Å². The summed E-state index contributed by atoms with van der Waals surface area (Å²) in [6, 6.07) is 4.69. The van der Waals surface area contributed by atoms with Crippen LogP contribution in [0.25, 0.3) is 0 Å². The Balaban J connectivity index is 3.05. The monoisotopic (exact) mass is 382 g/mol. The average molecular weight is 382 g/mol. The average Bonchev–Trinajstić information content (AvgIpc) is 2.61. The smallest absolute Gasteiger partial charge is 0.251 e. The van der Waals surface area contributed by atoms with Gasteiger partial charge in [-0.2, -0.15) is 0 Å². The molecule has 0 bridgehead atoms. The number of carbonyl (C=O) groups excluding carboxylic acids is 2. The fourth-order valence-electron chi connectivity index (χ4n) is 2.34. The van der Waals surface area contributed by atoms with Gasteiger partial charge >= 0.3 is 0 Å². The molecule has 0 spiro atoms. The Morgan fingerprint density at radius 2 is 1.59 bits per heavy atom. The summed E-state index contributed by atoms with van der Waals surface area (Å²) in [7, 11) is 0. The molecule has 1 aromatic rings. The number of hydrogen-bond acceptors (Lipinski definition) is 7. The molecule has 0 aliphatic heterocycles. The lowest BCUT2D eigenvalue weighted by atomic mass is 10.00. The summed E-state index contributed by atoms with van der Waals surface area (Å²) >= 11 is 0. The second-order valence-electron chi connectivity index (χ2n) is 7.52. The van der Waals surface area contributed by atoms with E-state index in [0.29, 0.717) is 11.3 Å². The molecule has 0 saturated heterocycles. The third-order valence-corrected chi connectivity index (χ3v) is 3.66. The number of anilines is 1. The number of aliphatic hydroxyl groups is 4. The lowest BCUT2D eigenvalue weighted by molar-refractivity contribution is 0.0779. The summed E-state index contributed by atoms with van der Waals surface area (Å²) in [4.78, 5) is 24.8. The van der Waals surface area contributed by atoms with Crippen LogP contribution in [0, 0.1) is 0 Å². The van der Waals surface area contributed by atoms with Crippen LogP contribution in [-0.2, 0) is 0 Å². The maximum Gasteiger partial charge on any atom is 0.251 e. The van der Waals surface area contributed by atoms with Gasteiger partial charge in [-0.3, -0.25) is 9.59 Å². The van der Waals surface area contributed by atoms with Gasteiger partial charge in [-0.15, -0.1) is 0 Å². The first-order chi connectivity index (χ1) is 12.6. The minimum absolute atomic E-state index is 0.0327. The zero-order valence-corrected chi connectivity index (χ0v) is 16.0. The van der Waals surface area contributed by atoms with E-state index in [2.05, 4.69) is 10.6 Å². The molecular formula is C19H30N2O6. The predicted molar refractivity (Wildman–Crippen MR) is 102 cm³/mol. The first kappa shape index (κ1) is 23.0. The van der Waals surface area contributed by atoms with Gasteiger partial charge in [0.2, 0.25) is 0 Å². The third-order valence-electron chi connectivity index (χ3n) is 3.66. The molecule has 152 valence electrons. The molecule has 8 heteroatoms. The molecule has 0 saturated carbocycles. The van der Waals surface area contributed by atoms with Crippen molar-refractivity contribution in [3.8, 4) is 0 Å². The van der Waals surface area contributed by atoms with Gasteiger partial charge in [0.1, 0.15) is 0 Å². The normalized spacial score (nSPS) is 13.7. The number of Topliss-reactive ketones (excluding diaryl/α,β-unsaturated/α-hetero) is 1. The number of carbonyl (C=O) groups is 2. The van der Waals surface area contributed by atoms with Crippen LogP contribution in [0.4, 0.5) is 5.69 Å². The number of benzene rings is 1. The lowest BCUT2D eigenvalue weighted by Gasteiger charge is -2.23. The van der Waals surface area contributed by atoms with E-state index >= 15 is 0 Å². The van der Waals surface area contributed by atoms with Crippen LogP contribution >= 0.6 is 0 Å². The summed E-state index contributed by atoms with van der Waals surface area (Å²) in [5.41, 5.74) is 0.835. The first-order valence-corrected chi connectivity index (χ1v) is 8.88. The molecule has 2 atom stereocenters. The predicted octanol–water partition coefficient (Wildman–Crippen LogP) is 0.296. The highest BCUT2D eigenvalue weighted by Gasteiger charge is 2.17. The van der Waals surface area contributed by atoms with Crippen molar-refractivity contribution in [3.63, 3.8) is 0 Å². The van der Waals surface area contributed by atoms with Gasteiger partial charge in [-0.25, -0.2) is 0 Å². The van der Waals surface area contributed by atoms with Crippen molar-refractivity contribution in [2.24, 2.45) is 0 Å². The summed E-state index contributed by atoms with van der Waals surface area (Å²) in [5, 5.41) is 42.2. The van der Waals surface area contributed by atoms with Crippen molar-refractivity contribution in [2.75, 3.05) is 25.1 Å². The van der Waals surface area contributed by atoms with Gasteiger partial charge < -0.3 is 31.1 Å². The molecular weight excluding hydrogens is 352 g/mol. The lowest BCUT2D eigenvalue weighted by Crippen LogP contribution is -2.34. The molecule has 0 aliphatic carbocycles. The molecule has 0 fully saturated rings. The molecule has 6 N–H and O–H groups in total. The molecule has 0 heterocycles. The van der Waals surface area contributed by atoms with E-state index in [-0.39, 0.29) is 36.3 Å². The van der Waals surface area contributed by atoms with E-state index in [0.717, 1.165) is 0 Å². The van der Waals surface area contributed by atoms with E-state index in [1.54, 1.807) is 12.1 Å². The van der Waals surface area contributed by atoms with Crippen molar-refractivity contribution in [2.45, 2.75) is 51.4 Å². The Kier molecular flexibility index (Phi) is 8.84. The van der Waals surface area contributed by atoms with Crippen LogP contribution in [0.2, 0.25) is 0 Å². The van der Waals surface area contributed by atoms with Crippen molar-refractivity contribution in [3.05, 3.63) is 29.3 Å². The maximum atomic E-state index is 12.4. The maximum absolute atomic E-state index is 12.4. The second kappa shape index (κ2) is 10.4. The Bertz CT molecular complexity index is 597. The highest BCUT2D eigenvalue weighted by molar-refractivity contribution is 6.02. The molecule has 1 amide bonds. The number of ketones is 1. The summed E-state index contributed by atoms with van der Waals surface area (Å²) < 4.78 is 0. The SMILES string of the molecule is CC(C)(C)Nc1cc(C(=O)CCC(O)CO)cc(C(=O)NCC(O)CO)c1. The van der Waals surface area contributed by atoms with Crippen LogP contribution in [0.5, 0.6) is 0 Å². The van der Waals surface area contributed by atoms with Crippen molar-refractivity contribution >= 4 is 17.4 Å². The highest BCUT2D eigenvalue weighted by Crippen LogP contribution is 2.21. The van der Waals surface area contributed by atoms with Crippen LogP contribution in [0.1, 0.15) is 54.3 Å². The van der Waals surface area contributed by atoms with Crippen LogP contribution in [0.15, 0.2) is 18.2 Å². The van der Waals surface area contributed by atoms with Gasteiger partial charge in [-0.1, -0.05) is 0 Å². The number of nitrogens with one attached hydrogen (secondary N) is 2.